The van der Waals surface area contributed by atoms with Crippen LogP contribution in [0.15, 0.2) is 0 Å². The van der Waals surface area contributed by atoms with E-state index in [2.05, 4.69) is 4.74 Å². The second-order valence-corrected chi connectivity index (χ2v) is 4.72. The highest BCUT2D eigenvalue weighted by Crippen LogP contribution is 2.13. The molecular formula is C5H12O4S. The molecule has 0 aromatic carbocycles. The molecule has 0 atom stereocenters. The van der Waals surface area contributed by atoms with Gasteiger partial charge in [-0.3, -0.25) is 4.55 Å². The Bertz CT molecular complexity index is 192. The van der Waals surface area contributed by atoms with Gasteiger partial charge in [0.05, 0.1) is 6.61 Å². The van der Waals surface area contributed by atoms with Gasteiger partial charge in [0.2, 0.25) is 0 Å². The Morgan fingerprint density at radius 1 is 1.50 bits per heavy atom. The normalized spacial score (nSPS) is 13.6. The standard InChI is InChI=1S/C5H12O4S/c1-5(2,4-9-3)10(6,7)8/h4H2,1-3H3,(H,6,7,8). The molecule has 0 aromatic rings. The third-order valence-corrected chi connectivity index (χ3v) is 2.70. The first-order valence-corrected chi connectivity index (χ1v) is 4.21. The van der Waals surface area contributed by atoms with Crippen molar-refractivity contribution in [3.8, 4) is 0 Å². The van der Waals surface area contributed by atoms with Crippen LogP contribution in [0.4, 0.5) is 0 Å². The minimum absolute atomic E-state index is 0.00810. The lowest BCUT2D eigenvalue weighted by atomic mass is 10.2. The van der Waals surface area contributed by atoms with Crippen molar-refractivity contribution in [3.05, 3.63) is 0 Å². The molecule has 0 rings (SSSR count). The molecule has 0 bridgehead atoms. The van der Waals surface area contributed by atoms with Crippen LogP contribution < -0.4 is 0 Å². The van der Waals surface area contributed by atoms with Crippen molar-refractivity contribution in [1.29, 1.82) is 0 Å². The van der Waals surface area contributed by atoms with Crippen molar-refractivity contribution in [2.45, 2.75) is 18.6 Å². The van der Waals surface area contributed by atoms with Crippen LogP contribution in [0, 0.1) is 0 Å². The van der Waals surface area contributed by atoms with Crippen molar-refractivity contribution < 1.29 is 17.7 Å². The Balaban J connectivity index is 4.42. The van der Waals surface area contributed by atoms with E-state index in [0.29, 0.717) is 0 Å². The van der Waals surface area contributed by atoms with Crippen molar-refractivity contribution in [3.63, 3.8) is 0 Å². The van der Waals surface area contributed by atoms with Gasteiger partial charge in [-0.2, -0.15) is 8.42 Å². The molecule has 62 valence electrons. The van der Waals surface area contributed by atoms with Gasteiger partial charge in [-0.25, -0.2) is 0 Å². The maximum absolute atomic E-state index is 10.5. The number of ether oxygens (including phenoxy) is 1. The summed E-state index contributed by atoms with van der Waals surface area (Å²) in [5.74, 6) is 0. The molecule has 0 spiro atoms. The van der Waals surface area contributed by atoms with Crippen LogP contribution in [-0.2, 0) is 14.9 Å². The second-order valence-electron chi connectivity index (χ2n) is 2.67. The topological polar surface area (TPSA) is 63.6 Å². The lowest BCUT2D eigenvalue weighted by Gasteiger charge is -2.18. The molecule has 10 heavy (non-hydrogen) atoms. The zero-order valence-electron chi connectivity index (χ0n) is 6.29. The van der Waals surface area contributed by atoms with E-state index in [1.54, 1.807) is 0 Å². The second kappa shape index (κ2) is 2.86. The quantitative estimate of drug-likeness (QED) is 0.615. The first kappa shape index (κ1) is 9.87. The monoisotopic (exact) mass is 168 g/mol. The highest BCUT2D eigenvalue weighted by atomic mass is 32.2. The van der Waals surface area contributed by atoms with E-state index in [1.165, 1.54) is 21.0 Å². The van der Waals surface area contributed by atoms with Crippen LogP contribution in [0.1, 0.15) is 13.8 Å². The smallest absolute Gasteiger partial charge is 0.272 e. The number of methoxy groups -OCH3 is 1. The summed E-state index contributed by atoms with van der Waals surface area (Å²) >= 11 is 0. The van der Waals surface area contributed by atoms with Gasteiger partial charge in [0.1, 0.15) is 4.75 Å². The van der Waals surface area contributed by atoms with Gasteiger partial charge in [0.25, 0.3) is 10.1 Å². The average Bonchev–Trinajstić information content (AvgIpc) is 1.61. The van der Waals surface area contributed by atoms with Crippen molar-refractivity contribution in [2.75, 3.05) is 13.7 Å². The summed E-state index contributed by atoms with van der Waals surface area (Å²) in [4.78, 5) is 0. The molecule has 4 nitrogen and oxygen atoms in total. The number of hydrogen-bond donors (Lipinski definition) is 1. The summed E-state index contributed by atoms with van der Waals surface area (Å²) in [6, 6.07) is 0. The molecule has 0 amide bonds. The van der Waals surface area contributed by atoms with Gasteiger partial charge >= 0.3 is 0 Å². The Morgan fingerprint density at radius 3 is 2.00 bits per heavy atom. The van der Waals surface area contributed by atoms with E-state index >= 15 is 0 Å². The van der Waals surface area contributed by atoms with E-state index < -0.39 is 14.9 Å². The Hall–Kier alpha value is -0.130. The van der Waals surface area contributed by atoms with Crippen LogP contribution in [0.5, 0.6) is 0 Å². The zero-order valence-corrected chi connectivity index (χ0v) is 7.10. The van der Waals surface area contributed by atoms with Gasteiger partial charge in [-0.15, -0.1) is 0 Å². The molecule has 0 aliphatic rings. The van der Waals surface area contributed by atoms with Crippen LogP contribution in [-0.4, -0.2) is 31.4 Å². The van der Waals surface area contributed by atoms with E-state index in [4.69, 9.17) is 4.55 Å². The molecule has 0 radical (unpaired) electrons. The molecule has 0 aliphatic heterocycles. The number of hydrogen-bond acceptors (Lipinski definition) is 3. The summed E-state index contributed by atoms with van der Waals surface area (Å²) in [7, 11) is -2.61. The highest BCUT2D eigenvalue weighted by Gasteiger charge is 2.32. The van der Waals surface area contributed by atoms with Crippen molar-refractivity contribution in [1.82, 2.24) is 0 Å². The van der Waals surface area contributed by atoms with Crippen LogP contribution in [0.25, 0.3) is 0 Å². The fourth-order valence-electron chi connectivity index (χ4n) is 0.422. The third-order valence-electron chi connectivity index (χ3n) is 1.19. The van der Waals surface area contributed by atoms with Crippen LogP contribution >= 0.6 is 0 Å². The largest absolute Gasteiger partial charge is 0.383 e. The minimum atomic E-state index is -3.99. The van der Waals surface area contributed by atoms with E-state index in [9.17, 15) is 8.42 Å². The Labute approximate surface area is 60.9 Å². The van der Waals surface area contributed by atoms with Crippen molar-refractivity contribution >= 4 is 10.1 Å². The van der Waals surface area contributed by atoms with Gasteiger partial charge in [-0.05, 0) is 13.8 Å². The van der Waals surface area contributed by atoms with E-state index in [0.717, 1.165) is 0 Å². The first-order chi connectivity index (χ1) is 4.31. The molecule has 0 fully saturated rings. The lowest BCUT2D eigenvalue weighted by Crippen LogP contribution is -2.35. The Kier molecular flexibility index (Phi) is 2.82. The summed E-state index contributed by atoms with van der Waals surface area (Å²) < 4.78 is 33.0. The summed E-state index contributed by atoms with van der Waals surface area (Å²) in [5.41, 5.74) is 0. The van der Waals surface area contributed by atoms with E-state index in [-0.39, 0.29) is 6.61 Å². The minimum Gasteiger partial charge on any atom is -0.383 e. The first-order valence-electron chi connectivity index (χ1n) is 2.77. The van der Waals surface area contributed by atoms with Crippen LogP contribution in [0.3, 0.4) is 0 Å². The molecule has 0 saturated carbocycles. The van der Waals surface area contributed by atoms with Gasteiger partial charge in [0, 0.05) is 7.11 Å². The molecule has 1 N–H and O–H groups in total. The molecule has 5 heteroatoms. The molecule has 0 unspecified atom stereocenters. The molecular weight excluding hydrogens is 156 g/mol. The van der Waals surface area contributed by atoms with E-state index in [1.807, 2.05) is 0 Å². The maximum atomic E-state index is 10.5. The Morgan fingerprint density at radius 2 is 1.90 bits per heavy atom. The summed E-state index contributed by atoms with van der Waals surface area (Å²) in [6.45, 7) is 2.78. The SMILES string of the molecule is COCC(C)(C)S(=O)(=O)O. The van der Waals surface area contributed by atoms with Crippen molar-refractivity contribution in [2.24, 2.45) is 0 Å². The summed E-state index contributed by atoms with van der Waals surface area (Å²) in [5, 5.41) is 0. The van der Waals surface area contributed by atoms with Gasteiger partial charge in [0.15, 0.2) is 0 Å². The third kappa shape index (κ3) is 2.24. The van der Waals surface area contributed by atoms with Crippen LogP contribution in [0.2, 0.25) is 0 Å². The predicted octanol–water partition coefficient (Wildman–Crippen LogP) is 0.299. The fourth-order valence-corrected chi connectivity index (χ4v) is 0.689. The average molecular weight is 168 g/mol. The maximum Gasteiger partial charge on any atom is 0.272 e. The summed E-state index contributed by atoms with van der Waals surface area (Å²) in [6.07, 6.45) is 0. The fraction of sp³-hybridized carbons (Fsp3) is 1.00. The predicted molar refractivity (Wildman–Crippen MR) is 37.5 cm³/mol. The molecule has 0 saturated heterocycles. The number of rotatable bonds is 3. The molecule has 0 heterocycles. The lowest BCUT2D eigenvalue weighted by molar-refractivity contribution is 0.171. The van der Waals surface area contributed by atoms with Gasteiger partial charge < -0.3 is 4.74 Å². The molecule has 0 aromatic heterocycles. The van der Waals surface area contributed by atoms with Gasteiger partial charge in [-0.1, -0.05) is 0 Å². The molecule has 0 aliphatic carbocycles. The highest BCUT2D eigenvalue weighted by molar-refractivity contribution is 7.87. The zero-order chi connectivity index (χ0) is 8.41.